The van der Waals surface area contributed by atoms with E-state index in [1.165, 1.54) is 6.08 Å². The molecule has 2 aromatic carbocycles. The van der Waals surface area contributed by atoms with Gasteiger partial charge in [-0.05, 0) is 47.9 Å². The molecule has 0 fully saturated rings. The quantitative estimate of drug-likeness (QED) is 0.499. The van der Waals surface area contributed by atoms with Crippen molar-refractivity contribution in [2.75, 3.05) is 19.5 Å². The molecule has 1 aliphatic heterocycles. The fraction of sp³-hybridized carbons (Fsp3) is 0.304. The summed E-state index contributed by atoms with van der Waals surface area (Å²) in [5.41, 5.74) is 2.06. The predicted molar refractivity (Wildman–Crippen MR) is 120 cm³/mol. The van der Waals surface area contributed by atoms with Crippen LogP contribution in [0.2, 0.25) is 0 Å². The molecule has 0 saturated heterocycles. The first-order chi connectivity index (χ1) is 14.2. The first-order valence-corrected chi connectivity index (χ1v) is 10.7. The third-order valence-electron chi connectivity index (χ3n) is 4.46. The molecule has 0 radical (unpaired) electrons. The van der Waals surface area contributed by atoms with Crippen LogP contribution in [0.1, 0.15) is 36.9 Å². The molecule has 1 atom stereocenters. The average Bonchev–Trinajstić information content (AvgIpc) is 3.22. The van der Waals surface area contributed by atoms with Crippen molar-refractivity contribution in [2.45, 2.75) is 25.8 Å². The van der Waals surface area contributed by atoms with Crippen LogP contribution in [-0.2, 0) is 4.79 Å². The van der Waals surface area contributed by atoms with Crippen LogP contribution >= 0.6 is 11.8 Å². The Morgan fingerprint density at radius 3 is 2.59 bits per heavy atom. The minimum atomic E-state index is -0.185. The highest BCUT2D eigenvalue weighted by molar-refractivity contribution is 8.14. The van der Waals surface area contributed by atoms with Gasteiger partial charge in [0, 0.05) is 11.8 Å². The second-order valence-corrected chi connectivity index (χ2v) is 7.64. The minimum absolute atomic E-state index is 0.0467. The van der Waals surface area contributed by atoms with Gasteiger partial charge in [-0.2, -0.15) is 0 Å². The summed E-state index contributed by atoms with van der Waals surface area (Å²) in [6, 6.07) is 15.6. The van der Waals surface area contributed by atoms with Gasteiger partial charge < -0.3 is 14.8 Å². The largest absolute Gasteiger partial charge is 0.497 e. The summed E-state index contributed by atoms with van der Waals surface area (Å²) in [6.07, 6.45) is 5.46. The van der Waals surface area contributed by atoms with E-state index in [4.69, 9.17) is 9.47 Å². The molecule has 0 aliphatic carbocycles. The monoisotopic (exact) mass is 410 g/mol. The second kappa shape index (κ2) is 10.7. The van der Waals surface area contributed by atoms with E-state index >= 15 is 0 Å². The Balaban J connectivity index is 1.51. The van der Waals surface area contributed by atoms with E-state index in [9.17, 15) is 4.79 Å². The van der Waals surface area contributed by atoms with E-state index in [1.54, 1.807) is 24.9 Å². The van der Waals surface area contributed by atoms with Crippen molar-refractivity contribution in [3.05, 3.63) is 65.7 Å². The number of methoxy groups -OCH3 is 1. The Bertz CT molecular complexity index is 861. The van der Waals surface area contributed by atoms with Crippen LogP contribution in [-0.4, -0.2) is 30.5 Å². The molecule has 6 heteroatoms. The SMILES string of the molecule is CCCCOc1ccc(/C=C/C(=O)NC2=NC(c3ccc(OC)cc3)CS2)cc1. The van der Waals surface area contributed by atoms with Crippen LogP contribution in [0, 0.1) is 0 Å². The number of nitrogens with zero attached hydrogens (tertiary/aromatic N) is 1. The van der Waals surface area contributed by atoms with Gasteiger partial charge in [-0.1, -0.05) is 49.4 Å². The Kier molecular flexibility index (Phi) is 7.76. The number of ether oxygens (including phenoxy) is 2. The molecular weight excluding hydrogens is 384 g/mol. The van der Waals surface area contributed by atoms with Crippen LogP contribution in [0.15, 0.2) is 59.6 Å². The Morgan fingerprint density at radius 2 is 1.90 bits per heavy atom. The van der Waals surface area contributed by atoms with Crippen LogP contribution in [0.25, 0.3) is 6.08 Å². The number of rotatable bonds is 8. The maximum Gasteiger partial charge on any atom is 0.249 e. The smallest absolute Gasteiger partial charge is 0.249 e. The Hall–Kier alpha value is -2.73. The van der Waals surface area contributed by atoms with E-state index in [2.05, 4.69) is 17.2 Å². The second-order valence-electron chi connectivity index (χ2n) is 6.63. The van der Waals surface area contributed by atoms with E-state index in [0.29, 0.717) is 5.17 Å². The first kappa shape index (κ1) is 21.0. The fourth-order valence-electron chi connectivity index (χ4n) is 2.77. The predicted octanol–water partition coefficient (Wildman–Crippen LogP) is 4.85. The number of amidine groups is 1. The van der Waals surface area contributed by atoms with Gasteiger partial charge in [0.05, 0.1) is 19.8 Å². The number of carbonyl (C=O) groups is 1. The van der Waals surface area contributed by atoms with Gasteiger partial charge in [0.2, 0.25) is 5.91 Å². The molecule has 0 saturated carbocycles. The van der Waals surface area contributed by atoms with Gasteiger partial charge in [-0.3, -0.25) is 9.79 Å². The molecule has 1 unspecified atom stereocenters. The number of aliphatic imine (C=N–C) groups is 1. The highest BCUT2D eigenvalue weighted by Gasteiger charge is 2.20. The standard InChI is InChI=1S/C23H26N2O3S/c1-3-4-15-28-20-10-5-17(6-11-20)7-14-22(26)25-23-24-21(16-29-23)18-8-12-19(27-2)13-9-18/h5-14,21H,3-4,15-16H2,1-2H3,(H,24,25,26)/b14-7+. The van der Waals surface area contributed by atoms with Gasteiger partial charge in [0.25, 0.3) is 0 Å². The van der Waals surface area contributed by atoms with E-state index in [-0.39, 0.29) is 11.9 Å². The van der Waals surface area contributed by atoms with Gasteiger partial charge in [-0.15, -0.1) is 0 Å². The lowest BCUT2D eigenvalue weighted by Gasteiger charge is -2.06. The summed E-state index contributed by atoms with van der Waals surface area (Å²) in [7, 11) is 1.65. The molecule has 3 rings (SSSR count). The number of thioether (sulfide) groups is 1. The summed E-state index contributed by atoms with van der Waals surface area (Å²) in [5.74, 6) is 2.30. The van der Waals surface area contributed by atoms with E-state index in [0.717, 1.165) is 47.8 Å². The summed E-state index contributed by atoms with van der Waals surface area (Å²) in [4.78, 5) is 16.8. The number of nitrogens with one attached hydrogen (secondary N) is 1. The summed E-state index contributed by atoms with van der Waals surface area (Å²) >= 11 is 1.55. The van der Waals surface area contributed by atoms with Crippen molar-refractivity contribution in [1.29, 1.82) is 0 Å². The van der Waals surface area contributed by atoms with Crippen molar-refractivity contribution >= 4 is 28.9 Å². The maximum atomic E-state index is 12.2. The minimum Gasteiger partial charge on any atom is -0.497 e. The third kappa shape index (κ3) is 6.39. The van der Waals surface area contributed by atoms with Crippen LogP contribution in [0.4, 0.5) is 0 Å². The number of hydrogen-bond acceptors (Lipinski definition) is 5. The zero-order valence-corrected chi connectivity index (χ0v) is 17.6. The number of amides is 1. The molecule has 1 aliphatic rings. The van der Waals surface area contributed by atoms with Crippen LogP contribution < -0.4 is 14.8 Å². The van der Waals surface area contributed by atoms with E-state index < -0.39 is 0 Å². The summed E-state index contributed by atoms with van der Waals surface area (Å²) < 4.78 is 10.8. The highest BCUT2D eigenvalue weighted by Crippen LogP contribution is 2.30. The van der Waals surface area contributed by atoms with Crippen molar-refractivity contribution in [2.24, 2.45) is 4.99 Å². The molecule has 1 heterocycles. The number of unbranched alkanes of at least 4 members (excludes halogenated alkanes) is 1. The lowest BCUT2D eigenvalue weighted by molar-refractivity contribution is -0.115. The normalized spacial score (nSPS) is 15.9. The number of carbonyl (C=O) groups excluding carboxylic acids is 1. The van der Waals surface area contributed by atoms with Gasteiger partial charge >= 0.3 is 0 Å². The van der Waals surface area contributed by atoms with Crippen LogP contribution in [0.5, 0.6) is 11.5 Å². The lowest BCUT2D eigenvalue weighted by atomic mass is 10.1. The molecule has 29 heavy (non-hydrogen) atoms. The molecule has 0 bridgehead atoms. The van der Waals surface area contributed by atoms with Crippen molar-refractivity contribution < 1.29 is 14.3 Å². The third-order valence-corrected chi connectivity index (χ3v) is 5.42. The fourth-order valence-corrected chi connectivity index (χ4v) is 3.72. The summed E-state index contributed by atoms with van der Waals surface area (Å²) in [6.45, 7) is 2.86. The molecule has 2 aromatic rings. The Morgan fingerprint density at radius 1 is 1.17 bits per heavy atom. The van der Waals surface area contributed by atoms with Crippen molar-refractivity contribution in [3.8, 4) is 11.5 Å². The van der Waals surface area contributed by atoms with Gasteiger partial charge in [-0.25, -0.2) is 0 Å². The highest BCUT2D eigenvalue weighted by atomic mass is 32.2. The Labute approximate surface area is 176 Å². The molecular formula is C23H26N2O3S. The number of benzene rings is 2. The first-order valence-electron chi connectivity index (χ1n) is 9.74. The lowest BCUT2D eigenvalue weighted by Crippen LogP contribution is -2.25. The molecule has 152 valence electrons. The van der Waals surface area contributed by atoms with Crippen LogP contribution in [0.3, 0.4) is 0 Å². The summed E-state index contributed by atoms with van der Waals surface area (Å²) in [5, 5.41) is 3.51. The van der Waals surface area contributed by atoms with Crippen molar-refractivity contribution in [3.63, 3.8) is 0 Å². The molecule has 1 amide bonds. The molecule has 0 aromatic heterocycles. The van der Waals surface area contributed by atoms with Crippen molar-refractivity contribution in [1.82, 2.24) is 5.32 Å². The van der Waals surface area contributed by atoms with Gasteiger partial charge in [0.1, 0.15) is 11.5 Å². The zero-order chi connectivity index (χ0) is 20.5. The molecule has 1 N–H and O–H groups in total. The van der Waals surface area contributed by atoms with Gasteiger partial charge in [0.15, 0.2) is 5.17 Å². The zero-order valence-electron chi connectivity index (χ0n) is 16.8. The molecule has 5 nitrogen and oxygen atoms in total. The van der Waals surface area contributed by atoms with E-state index in [1.807, 2.05) is 48.5 Å². The molecule has 0 spiro atoms. The average molecular weight is 411 g/mol. The topological polar surface area (TPSA) is 59.9 Å². The number of hydrogen-bond donors (Lipinski definition) is 1. The maximum absolute atomic E-state index is 12.2.